The van der Waals surface area contributed by atoms with Gasteiger partial charge in [0.15, 0.2) is 0 Å². The second-order valence-corrected chi connectivity index (χ2v) is 5.74. The van der Waals surface area contributed by atoms with Crippen molar-refractivity contribution < 1.29 is 9.53 Å². The van der Waals surface area contributed by atoms with Crippen LogP contribution in [0.3, 0.4) is 0 Å². The molecule has 2 heteroatoms. The van der Waals surface area contributed by atoms with Crippen molar-refractivity contribution in [1.82, 2.24) is 0 Å². The Labute approximate surface area is 79.7 Å². The average Bonchev–Trinajstić information content (AvgIpc) is 1.71. The van der Waals surface area contributed by atoms with Gasteiger partial charge in [-0.25, -0.2) is 0 Å². The molecule has 0 amide bonds. The maximum Gasteiger partial charge on any atom is 0.306 e. The molecular formula is C11H18O2. The molecule has 3 aliphatic rings. The van der Waals surface area contributed by atoms with Crippen LogP contribution in [0.5, 0.6) is 0 Å². The van der Waals surface area contributed by atoms with Crippen molar-refractivity contribution in [2.24, 2.45) is 11.3 Å². The molecule has 3 aliphatic carbocycles. The van der Waals surface area contributed by atoms with Crippen molar-refractivity contribution in [3.63, 3.8) is 0 Å². The third kappa shape index (κ3) is 1.72. The summed E-state index contributed by atoms with van der Waals surface area (Å²) < 4.78 is 5.29. The minimum Gasteiger partial charge on any atom is -0.460 e. The lowest BCUT2D eigenvalue weighted by molar-refractivity contribution is -0.173. The lowest BCUT2D eigenvalue weighted by Gasteiger charge is -2.61. The Balaban J connectivity index is 1.78. The molecule has 0 spiro atoms. The molecule has 0 unspecified atom stereocenters. The molecule has 0 radical (unpaired) electrons. The molecule has 0 heterocycles. The van der Waals surface area contributed by atoms with Crippen molar-refractivity contribution in [3.8, 4) is 0 Å². The quantitative estimate of drug-likeness (QED) is 0.613. The third-order valence-electron chi connectivity index (χ3n) is 3.10. The minimum atomic E-state index is -0.319. The van der Waals surface area contributed by atoms with Gasteiger partial charge in [0.1, 0.15) is 5.60 Å². The SMILES string of the molecule is CC(C)(C)OC(=O)CC12CC(C1)C2. The van der Waals surface area contributed by atoms with E-state index in [0.717, 1.165) is 5.92 Å². The molecule has 0 atom stereocenters. The van der Waals surface area contributed by atoms with Crippen molar-refractivity contribution in [1.29, 1.82) is 0 Å². The second kappa shape index (κ2) is 2.49. The zero-order chi connectivity index (χ0) is 9.69. The number of hydrogen-bond donors (Lipinski definition) is 0. The van der Waals surface area contributed by atoms with E-state index in [9.17, 15) is 4.79 Å². The first-order valence-corrected chi connectivity index (χ1v) is 5.10. The van der Waals surface area contributed by atoms with Crippen molar-refractivity contribution in [2.45, 2.75) is 52.1 Å². The predicted molar refractivity (Wildman–Crippen MR) is 50.2 cm³/mol. The van der Waals surface area contributed by atoms with E-state index < -0.39 is 0 Å². The number of hydrogen-bond acceptors (Lipinski definition) is 2. The summed E-state index contributed by atoms with van der Waals surface area (Å²) in [6.07, 6.45) is 4.46. The molecule has 2 bridgehead atoms. The van der Waals surface area contributed by atoms with Crippen LogP contribution in [0.2, 0.25) is 0 Å². The van der Waals surface area contributed by atoms with Crippen LogP contribution in [0, 0.1) is 11.3 Å². The van der Waals surface area contributed by atoms with Crippen molar-refractivity contribution in [3.05, 3.63) is 0 Å². The van der Waals surface area contributed by atoms with Crippen LogP contribution in [0.1, 0.15) is 46.5 Å². The Kier molecular flexibility index (Phi) is 1.73. The summed E-state index contributed by atoms with van der Waals surface area (Å²) in [6, 6.07) is 0. The zero-order valence-corrected chi connectivity index (χ0v) is 8.72. The molecule has 3 fully saturated rings. The van der Waals surface area contributed by atoms with E-state index in [4.69, 9.17) is 4.74 Å². The van der Waals surface area contributed by atoms with Gasteiger partial charge in [-0.3, -0.25) is 4.79 Å². The molecule has 0 N–H and O–H groups in total. The lowest BCUT2D eigenvalue weighted by Crippen LogP contribution is -2.53. The topological polar surface area (TPSA) is 26.3 Å². The van der Waals surface area contributed by atoms with Crippen LogP contribution in [-0.2, 0) is 9.53 Å². The largest absolute Gasteiger partial charge is 0.460 e. The second-order valence-electron chi connectivity index (χ2n) is 5.74. The van der Waals surface area contributed by atoms with Gasteiger partial charge in [0.2, 0.25) is 0 Å². The number of esters is 1. The van der Waals surface area contributed by atoms with Gasteiger partial charge in [0.05, 0.1) is 6.42 Å². The zero-order valence-electron chi connectivity index (χ0n) is 8.72. The molecule has 13 heavy (non-hydrogen) atoms. The fraction of sp³-hybridized carbons (Fsp3) is 0.909. The molecule has 3 rings (SSSR count). The third-order valence-corrected chi connectivity index (χ3v) is 3.10. The summed E-state index contributed by atoms with van der Waals surface area (Å²) in [5.41, 5.74) is 0.0631. The van der Waals surface area contributed by atoms with Crippen LogP contribution >= 0.6 is 0 Å². The minimum absolute atomic E-state index is 0.00866. The molecule has 74 valence electrons. The monoisotopic (exact) mass is 182 g/mol. The van der Waals surface area contributed by atoms with Gasteiger partial charge in [0, 0.05) is 0 Å². The Hall–Kier alpha value is -0.530. The summed E-state index contributed by atoms with van der Waals surface area (Å²) in [5, 5.41) is 0. The van der Waals surface area contributed by atoms with Crippen LogP contribution in [0.15, 0.2) is 0 Å². The molecule has 0 aromatic heterocycles. The van der Waals surface area contributed by atoms with Gasteiger partial charge < -0.3 is 4.74 Å². The van der Waals surface area contributed by atoms with Gasteiger partial charge >= 0.3 is 5.97 Å². The van der Waals surface area contributed by atoms with E-state index in [-0.39, 0.29) is 11.6 Å². The number of ether oxygens (including phenoxy) is 1. The Morgan fingerprint density at radius 2 is 1.92 bits per heavy atom. The summed E-state index contributed by atoms with van der Waals surface area (Å²) in [6.45, 7) is 5.77. The normalized spacial score (nSPS) is 36.1. The smallest absolute Gasteiger partial charge is 0.306 e. The molecule has 0 aromatic carbocycles. The molecule has 0 saturated heterocycles. The van der Waals surface area contributed by atoms with E-state index in [1.54, 1.807) is 0 Å². The maximum atomic E-state index is 11.5. The number of rotatable bonds is 2. The summed E-state index contributed by atoms with van der Waals surface area (Å²) in [4.78, 5) is 11.5. The molecular weight excluding hydrogens is 164 g/mol. The summed E-state index contributed by atoms with van der Waals surface area (Å²) >= 11 is 0. The molecule has 0 aromatic rings. The lowest BCUT2D eigenvalue weighted by atomic mass is 9.43. The van der Waals surface area contributed by atoms with Crippen molar-refractivity contribution >= 4 is 5.97 Å². The first-order valence-electron chi connectivity index (χ1n) is 5.10. The Morgan fingerprint density at radius 3 is 2.23 bits per heavy atom. The Morgan fingerprint density at radius 1 is 1.38 bits per heavy atom. The van der Waals surface area contributed by atoms with Gasteiger partial charge in [0.25, 0.3) is 0 Å². The molecule has 2 nitrogen and oxygen atoms in total. The highest BCUT2D eigenvalue weighted by Crippen LogP contribution is 2.66. The van der Waals surface area contributed by atoms with E-state index >= 15 is 0 Å². The van der Waals surface area contributed by atoms with Gasteiger partial charge in [-0.15, -0.1) is 0 Å². The first kappa shape index (κ1) is 9.04. The number of carbonyl (C=O) groups excluding carboxylic acids is 1. The van der Waals surface area contributed by atoms with E-state index in [1.165, 1.54) is 19.3 Å². The van der Waals surface area contributed by atoms with Crippen LogP contribution < -0.4 is 0 Å². The highest BCUT2D eigenvalue weighted by Gasteiger charge is 2.57. The highest BCUT2D eigenvalue weighted by molar-refractivity contribution is 5.71. The number of carbonyl (C=O) groups is 1. The van der Waals surface area contributed by atoms with Crippen molar-refractivity contribution in [2.75, 3.05) is 0 Å². The van der Waals surface area contributed by atoms with Crippen LogP contribution in [0.4, 0.5) is 0 Å². The van der Waals surface area contributed by atoms with E-state index in [0.29, 0.717) is 11.8 Å². The molecule has 0 aliphatic heterocycles. The van der Waals surface area contributed by atoms with Gasteiger partial charge in [-0.05, 0) is 51.4 Å². The summed E-state index contributed by atoms with van der Waals surface area (Å²) in [7, 11) is 0. The predicted octanol–water partition coefficient (Wildman–Crippen LogP) is 2.52. The fourth-order valence-electron chi connectivity index (χ4n) is 2.56. The average molecular weight is 182 g/mol. The maximum absolute atomic E-state index is 11.5. The standard InChI is InChI=1S/C11H18O2/c1-10(2,3)13-9(12)7-11-4-8(5-11)6-11/h8H,4-7H2,1-3H3. The fourth-order valence-corrected chi connectivity index (χ4v) is 2.56. The van der Waals surface area contributed by atoms with Gasteiger partial charge in [-0.2, -0.15) is 0 Å². The molecule has 3 saturated carbocycles. The van der Waals surface area contributed by atoms with Crippen LogP contribution in [0.25, 0.3) is 0 Å². The van der Waals surface area contributed by atoms with Crippen LogP contribution in [-0.4, -0.2) is 11.6 Å². The Bertz CT molecular complexity index is 220. The van der Waals surface area contributed by atoms with Gasteiger partial charge in [-0.1, -0.05) is 0 Å². The first-order chi connectivity index (χ1) is 5.89. The summed E-state index contributed by atoms with van der Waals surface area (Å²) in [5.74, 6) is 0.938. The highest BCUT2D eigenvalue weighted by atomic mass is 16.6. The van der Waals surface area contributed by atoms with E-state index in [2.05, 4.69) is 0 Å². The van der Waals surface area contributed by atoms with E-state index in [1.807, 2.05) is 20.8 Å².